The Hall–Kier alpha value is -2.16. The van der Waals surface area contributed by atoms with Gasteiger partial charge in [-0.2, -0.15) is 4.31 Å². The van der Waals surface area contributed by atoms with Crippen molar-refractivity contribution in [1.82, 2.24) is 9.62 Å². The maximum absolute atomic E-state index is 13.3. The van der Waals surface area contributed by atoms with Crippen LogP contribution in [0.25, 0.3) is 0 Å². The lowest BCUT2D eigenvalue weighted by atomic mass is 9.82. The minimum Gasteiger partial charge on any atom is -0.495 e. The summed E-state index contributed by atoms with van der Waals surface area (Å²) in [5.74, 6) is -0.453. The third-order valence-electron chi connectivity index (χ3n) is 5.30. The predicted octanol–water partition coefficient (Wildman–Crippen LogP) is 3.59. The Balaban J connectivity index is 1.78. The average Bonchev–Trinajstić information content (AvgIpc) is 2.72. The van der Waals surface area contributed by atoms with Crippen LogP contribution in [0.5, 0.6) is 5.75 Å². The quantitative estimate of drug-likeness (QED) is 0.723. The highest BCUT2D eigenvalue weighted by Crippen LogP contribution is 2.36. The van der Waals surface area contributed by atoms with E-state index >= 15 is 0 Å². The van der Waals surface area contributed by atoms with Crippen molar-refractivity contribution in [3.05, 3.63) is 58.9 Å². The fourth-order valence-electron chi connectivity index (χ4n) is 3.62. The normalized spacial score (nSPS) is 20.0. The zero-order valence-corrected chi connectivity index (χ0v) is 18.4. The number of halogens is 2. The molecular formula is C21H24ClFN2O4S. The molecule has 0 saturated carbocycles. The van der Waals surface area contributed by atoms with Gasteiger partial charge in [0.15, 0.2) is 0 Å². The van der Waals surface area contributed by atoms with E-state index in [4.69, 9.17) is 16.3 Å². The number of rotatable bonds is 6. The van der Waals surface area contributed by atoms with Crippen LogP contribution in [-0.4, -0.2) is 38.8 Å². The molecule has 162 valence electrons. The lowest BCUT2D eigenvalue weighted by molar-refractivity contribution is -0.132. The number of benzene rings is 2. The largest absolute Gasteiger partial charge is 0.495 e. The van der Waals surface area contributed by atoms with Gasteiger partial charge in [0, 0.05) is 24.7 Å². The summed E-state index contributed by atoms with van der Waals surface area (Å²) in [6.45, 7) is 2.23. The van der Waals surface area contributed by atoms with Crippen LogP contribution in [0.1, 0.15) is 25.3 Å². The lowest BCUT2D eigenvalue weighted by Crippen LogP contribution is -2.51. The predicted molar refractivity (Wildman–Crippen MR) is 112 cm³/mol. The molecule has 1 fully saturated rings. The van der Waals surface area contributed by atoms with E-state index in [0.29, 0.717) is 24.9 Å². The van der Waals surface area contributed by atoms with Crippen molar-refractivity contribution < 1.29 is 22.3 Å². The minimum atomic E-state index is -3.91. The third-order valence-corrected chi connectivity index (χ3v) is 7.40. The highest BCUT2D eigenvalue weighted by molar-refractivity contribution is 7.89. The van der Waals surface area contributed by atoms with Crippen LogP contribution in [0.4, 0.5) is 4.39 Å². The number of carbonyl (C=O) groups is 1. The topological polar surface area (TPSA) is 75.7 Å². The standard InChI is InChI=1S/C21H24ClFN2O4S/c1-21(20(26)24-13-15-5-3-6-17(23)11-15)9-4-10-25(14-21)30(27,28)19-12-16(22)7-8-18(19)29-2/h3,5-8,11-12H,4,9-10,13-14H2,1-2H3,(H,24,26)/t21-/m1/s1. The number of nitrogens with one attached hydrogen (secondary N) is 1. The molecule has 9 heteroatoms. The molecule has 1 saturated heterocycles. The van der Waals surface area contributed by atoms with Gasteiger partial charge >= 0.3 is 0 Å². The Morgan fingerprint density at radius 2 is 2.07 bits per heavy atom. The van der Waals surface area contributed by atoms with Gasteiger partial charge in [0.1, 0.15) is 16.5 Å². The summed E-state index contributed by atoms with van der Waals surface area (Å²) in [4.78, 5) is 12.9. The number of ether oxygens (including phenoxy) is 1. The lowest BCUT2D eigenvalue weighted by Gasteiger charge is -2.38. The first-order valence-corrected chi connectivity index (χ1v) is 11.3. The summed E-state index contributed by atoms with van der Waals surface area (Å²) >= 11 is 6.01. The Labute approximate surface area is 181 Å². The van der Waals surface area contributed by atoms with E-state index in [0.717, 1.165) is 0 Å². The van der Waals surface area contributed by atoms with Gasteiger partial charge in [0.05, 0.1) is 12.5 Å². The minimum absolute atomic E-state index is 0.0260. The summed E-state index contributed by atoms with van der Waals surface area (Å²) in [7, 11) is -2.52. The molecule has 0 aliphatic carbocycles. The molecule has 0 bridgehead atoms. The van der Waals surface area contributed by atoms with Crippen LogP contribution < -0.4 is 10.1 Å². The number of nitrogens with zero attached hydrogens (tertiary/aromatic N) is 1. The highest BCUT2D eigenvalue weighted by Gasteiger charge is 2.42. The van der Waals surface area contributed by atoms with Crippen molar-refractivity contribution in [3.8, 4) is 5.75 Å². The first kappa shape index (κ1) is 22.5. The Morgan fingerprint density at radius 1 is 1.30 bits per heavy atom. The molecule has 1 aliphatic rings. The van der Waals surface area contributed by atoms with Gasteiger partial charge in [-0.15, -0.1) is 0 Å². The van der Waals surface area contributed by atoms with E-state index in [9.17, 15) is 17.6 Å². The monoisotopic (exact) mass is 454 g/mol. The smallest absolute Gasteiger partial charge is 0.246 e. The van der Waals surface area contributed by atoms with Crippen LogP contribution in [0.15, 0.2) is 47.4 Å². The van der Waals surface area contributed by atoms with Crippen molar-refractivity contribution in [1.29, 1.82) is 0 Å². The highest BCUT2D eigenvalue weighted by atomic mass is 35.5. The van der Waals surface area contributed by atoms with Crippen LogP contribution >= 0.6 is 11.6 Å². The Bertz CT molecular complexity index is 1050. The molecule has 1 amide bonds. The molecule has 0 unspecified atom stereocenters. The van der Waals surface area contributed by atoms with Gasteiger partial charge in [-0.05, 0) is 55.7 Å². The molecule has 2 aromatic carbocycles. The fourth-order valence-corrected chi connectivity index (χ4v) is 5.64. The molecule has 6 nitrogen and oxygen atoms in total. The second-order valence-electron chi connectivity index (χ2n) is 7.61. The van der Waals surface area contributed by atoms with E-state index in [1.165, 1.54) is 35.7 Å². The summed E-state index contributed by atoms with van der Waals surface area (Å²) in [6, 6.07) is 10.4. The van der Waals surface area contributed by atoms with Gasteiger partial charge < -0.3 is 10.1 Å². The van der Waals surface area contributed by atoms with Crippen LogP contribution in [0, 0.1) is 11.2 Å². The molecular weight excluding hydrogens is 431 g/mol. The van der Waals surface area contributed by atoms with E-state index in [1.54, 1.807) is 25.1 Å². The van der Waals surface area contributed by atoms with E-state index in [-0.39, 0.29) is 40.5 Å². The molecule has 0 aromatic heterocycles. The zero-order chi connectivity index (χ0) is 21.9. The van der Waals surface area contributed by atoms with Crippen molar-refractivity contribution >= 4 is 27.5 Å². The molecule has 1 atom stereocenters. The van der Waals surface area contributed by atoms with Gasteiger partial charge in [0.25, 0.3) is 0 Å². The van der Waals surface area contributed by atoms with E-state index < -0.39 is 15.4 Å². The summed E-state index contributed by atoms with van der Waals surface area (Å²) in [5, 5.41) is 3.09. The first-order chi connectivity index (χ1) is 14.2. The van der Waals surface area contributed by atoms with Crippen molar-refractivity contribution in [2.75, 3.05) is 20.2 Å². The number of piperidine rings is 1. The molecule has 2 aromatic rings. The SMILES string of the molecule is COc1ccc(Cl)cc1S(=O)(=O)N1CCC[C@@](C)(C(=O)NCc2cccc(F)c2)C1. The molecule has 3 rings (SSSR count). The molecule has 0 spiro atoms. The van der Waals surface area contributed by atoms with Gasteiger partial charge in [-0.3, -0.25) is 4.79 Å². The molecule has 1 heterocycles. The average molecular weight is 455 g/mol. The molecule has 30 heavy (non-hydrogen) atoms. The number of hydrogen-bond donors (Lipinski definition) is 1. The van der Waals surface area contributed by atoms with Crippen molar-refractivity contribution in [2.24, 2.45) is 5.41 Å². The summed E-state index contributed by atoms with van der Waals surface area (Å²) in [6.07, 6.45) is 1.08. The summed E-state index contributed by atoms with van der Waals surface area (Å²) < 4.78 is 46.4. The third kappa shape index (κ3) is 4.77. The number of methoxy groups -OCH3 is 1. The second kappa shape index (κ2) is 8.91. The summed E-state index contributed by atoms with van der Waals surface area (Å²) in [5.41, 5.74) is -0.277. The van der Waals surface area contributed by atoms with Crippen LogP contribution in [-0.2, 0) is 21.4 Å². The number of carbonyl (C=O) groups excluding carboxylic acids is 1. The fraction of sp³-hybridized carbons (Fsp3) is 0.381. The number of sulfonamides is 1. The Morgan fingerprint density at radius 3 is 2.77 bits per heavy atom. The van der Waals surface area contributed by atoms with Gasteiger partial charge in [-0.1, -0.05) is 23.7 Å². The maximum Gasteiger partial charge on any atom is 0.246 e. The van der Waals surface area contributed by atoms with E-state index in [2.05, 4.69) is 5.32 Å². The zero-order valence-electron chi connectivity index (χ0n) is 16.8. The Kier molecular flexibility index (Phi) is 6.69. The van der Waals surface area contributed by atoms with Crippen molar-refractivity contribution in [2.45, 2.75) is 31.2 Å². The van der Waals surface area contributed by atoms with Crippen LogP contribution in [0.2, 0.25) is 5.02 Å². The second-order valence-corrected chi connectivity index (χ2v) is 9.95. The van der Waals surface area contributed by atoms with Gasteiger partial charge in [-0.25, -0.2) is 12.8 Å². The maximum atomic E-state index is 13.3. The molecule has 0 radical (unpaired) electrons. The number of hydrogen-bond acceptors (Lipinski definition) is 4. The first-order valence-electron chi connectivity index (χ1n) is 9.52. The van der Waals surface area contributed by atoms with Crippen LogP contribution in [0.3, 0.4) is 0 Å². The van der Waals surface area contributed by atoms with E-state index in [1.807, 2.05) is 0 Å². The molecule has 1 aliphatic heterocycles. The van der Waals surface area contributed by atoms with Crippen molar-refractivity contribution in [3.63, 3.8) is 0 Å². The number of amides is 1. The molecule has 1 N–H and O–H groups in total. The van der Waals surface area contributed by atoms with Gasteiger partial charge in [0.2, 0.25) is 15.9 Å².